The van der Waals surface area contributed by atoms with Gasteiger partial charge in [0.05, 0.1) is 27.9 Å². The van der Waals surface area contributed by atoms with Gasteiger partial charge in [0.1, 0.15) is 6.54 Å². The molecule has 1 aromatic heterocycles. The highest BCUT2D eigenvalue weighted by Gasteiger charge is 2.37. The number of rotatable bonds is 3. The molecule has 0 aliphatic carbocycles. The number of para-hydroxylation sites is 2. The molecule has 0 N–H and O–H groups in total. The van der Waals surface area contributed by atoms with E-state index in [1.165, 1.54) is 0 Å². The van der Waals surface area contributed by atoms with Crippen molar-refractivity contribution >= 4 is 50.5 Å². The third-order valence-electron chi connectivity index (χ3n) is 5.88. The largest absolute Gasteiger partial charge is 0.352 e. The maximum atomic E-state index is 12.9. The van der Waals surface area contributed by atoms with Gasteiger partial charge in [0.15, 0.2) is 5.82 Å². The van der Waals surface area contributed by atoms with E-state index in [2.05, 4.69) is 25.8 Å². The molecular formula is C23H20BrN5O3. The van der Waals surface area contributed by atoms with Crippen molar-refractivity contribution in [2.45, 2.75) is 6.92 Å². The Balaban J connectivity index is 1.25. The summed E-state index contributed by atoms with van der Waals surface area (Å²) < 4.78 is 0.716. The van der Waals surface area contributed by atoms with Gasteiger partial charge in [0, 0.05) is 30.7 Å². The van der Waals surface area contributed by atoms with Crippen LogP contribution < -0.4 is 4.90 Å². The number of amides is 3. The lowest BCUT2D eigenvalue weighted by molar-refractivity contribution is -0.131. The summed E-state index contributed by atoms with van der Waals surface area (Å²) in [5.74, 6) is -0.270. The summed E-state index contributed by atoms with van der Waals surface area (Å²) in [6.45, 7) is 3.87. The lowest BCUT2D eigenvalue weighted by Crippen LogP contribution is -2.52. The number of hydrogen-bond acceptors (Lipinski definition) is 6. The standard InChI is InChI=1S/C23H20BrN5O3/c1-14-21(26-19-5-3-2-4-18(19)25-14)28-10-8-27(9-11-28)20(30)13-29-22(31)16-7-6-15(24)12-17(16)23(29)32/h2-7,12H,8-11,13H2,1H3. The number of carbonyl (C=O) groups is 3. The summed E-state index contributed by atoms with van der Waals surface area (Å²) in [4.78, 5) is 52.4. The Kier molecular flexibility index (Phi) is 5.13. The van der Waals surface area contributed by atoms with Crippen molar-refractivity contribution in [2.75, 3.05) is 37.6 Å². The van der Waals surface area contributed by atoms with E-state index in [9.17, 15) is 14.4 Å². The third-order valence-corrected chi connectivity index (χ3v) is 6.37. The molecule has 0 unspecified atom stereocenters. The van der Waals surface area contributed by atoms with Crippen molar-refractivity contribution in [2.24, 2.45) is 0 Å². The van der Waals surface area contributed by atoms with Crippen molar-refractivity contribution in [1.82, 2.24) is 19.8 Å². The number of piperazine rings is 1. The topological polar surface area (TPSA) is 86.7 Å². The Morgan fingerprint density at radius 3 is 2.31 bits per heavy atom. The minimum absolute atomic E-state index is 0.237. The first-order chi connectivity index (χ1) is 15.4. The second-order valence-corrected chi connectivity index (χ2v) is 8.79. The number of aryl methyl sites for hydroxylation is 1. The molecule has 3 amide bonds. The van der Waals surface area contributed by atoms with E-state index < -0.39 is 11.8 Å². The summed E-state index contributed by atoms with van der Waals surface area (Å²) in [5.41, 5.74) is 3.20. The molecule has 0 saturated carbocycles. The van der Waals surface area contributed by atoms with Crippen molar-refractivity contribution < 1.29 is 14.4 Å². The van der Waals surface area contributed by atoms with Gasteiger partial charge in [-0.05, 0) is 37.3 Å². The van der Waals surface area contributed by atoms with Crippen molar-refractivity contribution in [1.29, 1.82) is 0 Å². The monoisotopic (exact) mass is 493 g/mol. The highest BCUT2D eigenvalue weighted by atomic mass is 79.9. The number of fused-ring (bicyclic) bond motifs is 2. The lowest BCUT2D eigenvalue weighted by atomic mass is 10.1. The van der Waals surface area contributed by atoms with E-state index in [1.807, 2.05) is 31.2 Å². The quantitative estimate of drug-likeness (QED) is 0.521. The lowest BCUT2D eigenvalue weighted by Gasteiger charge is -2.36. The van der Waals surface area contributed by atoms with Crippen molar-refractivity contribution in [3.8, 4) is 0 Å². The number of imide groups is 1. The molecule has 3 aromatic rings. The van der Waals surface area contributed by atoms with Crippen LogP contribution in [0.25, 0.3) is 11.0 Å². The second kappa shape index (κ2) is 7.98. The van der Waals surface area contributed by atoms with Gasteiger partial charge in [-0.1, -0.05) is 28.1 Å². The van der Waals surface area contributed by atoms with Crippen LogP contribution in [-0.4, -0.2) is 70.2 Å². The molecule has 5 rings (SSSR count). The molecule has 0 spiro atoms. The molecular weight excluding hydrogens is 474 g/mol. The Morgan fingerprint density at radius 2 is 1.59 bits per heavy atom. The first-order valence-electron chi connectivity index (χ1n) is 10.3. The van der Waals surface area contributed by atoms with Crippen LogP contribution >= 0.6 is 15.9 Å². The van der Waals surface area contributed by atoms with E-state index in [1.54, 1.807) is 23.1 Å². The molecule has 9 heteroatoms. The number of carbonyl (C=O) groups excluding carboxylic acids is 3. The first kappa shape index (κ1) is 20.6. The molecule has 0 atom stereocenters. The maximum absolute atomic E-state index is 12.9. The Bertz CT molecular complexity index is 1270. The Morgan fingerprint density at radius 1 is 0.938 bits per heavy atom. The zero-order valence-corrected chi connectivity index (χ0v) is 19.0. The summed E-state index contributed by atoms with van der Waals surface area (Å²) >= 11 is 3.32. The average molecular weight is 494 g/mol. The van der Waals surface area contributed by atoms with Gasteiger partial charge in [0.25, 0.3) is 11.8 Å². The number of nitrogens with zero attached hydrogens (tertiary/aromatic N) is 5. The third kappa shape index (κ3) is 3.52. The van der Waals surface area contributed by atoms with Crippen LogP contribution in [0.4, 0.5) is 5.82 Å². The molecule has 0 radical (unpaired) electrons. The molecule has 162 valence electrons. The molecule has 2 aliphatic heterocycles. The van der Waals surface area contributed by atoms with Crippen molar-refractivity contribution in [3.05, 3.63) is 63.8 Å². The SMILES string of the molecule is Cc1nc2ccccc2nc1N1CCN(C(=O)CN2C(=O)c3ccc(Br)cc3C2=O)CC1. The van der Waals surface area contributed by atoms with Crippen LogP contribution in [0.15, 0.2) is 46.9 Å². The highest BCUT2D eigenvalue weighted by molar-refractivity contribution is 9.10. The highest BCUT2D eigenvalue weighted by Crippen LogP contribution is 2.26. The molecule has 3 heterocycles. The minimum Gasteiger partial charge on any atom is -0.352 e. The molecule has 32 heavy (non-hydrogen) atoms. The molecule has 1 saturated heterocycles. The molecule has 2 aliphatic rings. The summed E-state index contributed by atoms with van der Waals surface area (Å²) in [6, 6.07) is 12.7. The van der Waals surface area contributed by atoms with Gasteiger partial charge < -0.3 is 9.80 Å². The van der Waals surface area contributed by atoms with Gasteiger partial charge in [-0.25, -0.2) is 9.97 Å². The molecule has 0 bridgehead atoms. The number of benzene rings is 2. The zero-order valence-electron chi connectivity index (χ0n) is 17.4. The van der Waals surface area contributed by atoms with Gasteiger partial charge >= 0.3 is 0 Å². The van der Waals surface area contributed by atoms with E-state index in [0.29, 0.717) is 41.8 Å². The van der Waals surface area contributed by atoms with Crippen LogP contribution in [0.1, 0.15) is 26.4 Å². The van der Waals surface area contributed by atoms with Gasteiger partial charge in [-0.15, -0.1) is 0 Å². The minimum atomic E-state index is -0.430. The first-order valence-corrected chi connectivity index (χ1v) is 11.1. The van der Waals surface area contributed by atoms with E-state index in [0.717, 1.165) is 27.4 Å². The molecule has 8 nitrogen and oxygen atoms in total. The van der Waals surface area contributed by atoms with Crippen LogP contribution in [0.2, 0.25) is 0 Å². The van der Waals surface area contributed by atoms with E-state index >= 15 is 0 Å². The summed E-state index contributed by atoms with van der Waals surface area (Å²) in [7, 11) is 0. The predicted octanol–water partition coefficient (Wildman–Crippen LogP) is 2.65. The van der Waals surface area contributed by atoms with Crippen LogP contribution in [0.3, 0.4) is 0 Å². The smallest absolute Gasteiger partial charge is 0.262 e. The molecule has 2 aromatic carbocycles. The van der Waals surface area contributed by atoms with Crippen molar-refractivity contribution in [3.63, 3.8) is 0 Å². The second-order valence-electron chi connectivity index (χ2n) is 7.88. The number of aromatic nitrogens is 2. The maximum Gasteiger partial charge on any atom is 0.262 e. The van der Waals surface area contributed by atoms with E-state index in [4.69, 9.17) is 4.98 Å². The van der Waals surface area contributed by atoms with Gasteiger partial charge in [-0.2, -0.15) is 0 Å². The fraction of sp³-hybridized carbons (Fsp3) is 0.261. The van der Waals surface area contributed by atoms with E-state index in [-0.39, 0.29) is 12.5 Å². The normalized spacial score (nSPS) is 16.1. The fourth-order valence-corrected chi connectivity index (χ4v) is 4.55. The fourth-order valence-electron chi connectivity index (χ4n) is 4.19. The van der Waals surface area contributed by atoms with Crippen LogP contribution in [0, 0.1) is 6.92 Å². The van der Waals surface area contributed by atoms with Gasteiger partial charge in [0.2, 0.25) is 5.91 Å². The zero-order chi connectivity index (χ0) is 22.4. The Hall–Kier alpha value is -3.33. The number of anilines is 1. The number of halogens is 1. The number of hydrogen-bond donors (Lipinski definition) is 0. The Labute approximate surface area is 193 Å². The van der Waals surface area contributed by atoms with Crippen LogP contribution in [0.5, 0.6) is 0 Å². The average Bonchev–Trinajstić information content (AvgIpc) is 3.03. The van der Waals surface area contributed by atoms with Gasteiger partial charge in [-0.3, -0.25) is 19.3 Å². The molecule has 1 fully saturated rings. The van der Waals surface area contributed by atoms with Crippen LogP contribution in [-0.2, 0) is 4.79 Å². The summed E-state index contributed by atoms with van der Waals surface area (Å²) in [6.07, 6.45) is 0. The predicted molar refractivity (Wildman–Crippen MR) is 123 cm³/mol. The summed E-state index contributed by atoms with van der Waals surface area (Å²) in [5, 5.41) is 0.